The smallest absolute Gasteiger partial charge is 0.328 e. The second kappa shape index (κ2) is 6.12. The fourth-order valence-electron chi connectivity index (χ4n) is 1.61. The number of nitrogens with zero attached hydrogens (tertiary/aromatic N) is 1. The third-order valence-corrected chi connectivity index (χ3v) is 3.39. The van der Waals surface area contributed by atoms with Gasteiger partial charge in [0.25, 0.3) is 5.91 Å². The van der Waals surface area contributed by atoms with Gasteiger partial charge in [0.15, 0.2) is 0 Å². The number of hydrogen-bond acceptors (Lipinski definition) is 4. The number of aliphatic carboxylic acids is 1. The molecule has 1 amide bonds. The Hall–Kier alpha value is -2.47. The molecule has 0 fully saturated rings. The van der Waals surface area contributed by atoms with Gasteiger partial charge >= 0.3 is 5.97 Å². The molecule has 0 saturated heterocycles. The number of rotatable bonds is 4. The van der Waals surface area contributed by atoms with E-state index < -0.39 is 5.97 Å². The number of thiophene rings is 1. The molecule has 2 N–H and O–H groups in total. The van der Waals surface area contributed by atoms with Gasteiger partial charge in [-0.15, -0.1) is 11.3 Å². The van der Waals surface area contributed by atoms with E-state index in [0.29, 0.717) is 16.1 Å². The average molecular weight is 288 g/mol. The van der Waals surface area contributed by atoms with E-state index in [2.05, 4.69) is 10.3 Å². The molecule has 6 heteroatoms. The van der Waals surface area contributed by atoms with E-state index in [0.717, 1.165) is 11.8 Å². The Morgan fingerprint density at radius 1 is 1.40 bits per heavy atom. The molecule has 0 unspecified atom stereocenters. The fourth-order valence-corrected chi connectivity index (χ4v) is 2.39. The number of amides is 1. The molecule has 2 heterocycles. The number of carboxylic acid groups (broad SMARTS) is 1. The molecule has 0 aliphatic carbocycles. The number of pyridine rings is 1. The maximum Gasteiger partial charge on any atom is 0.328 e. The molecule has 2 rings (SSSR count). The lowest BCUT2D eigenvalue weighted by molar-refractivity contribution is -0.131. The van der Waals surface area contributed by atoms with Crippen molar-refractivity contribution in [1.29, 1.82) is 0 Å². The van der Waals surface area contributed by atoms with E-state index in [-0.39, 0.29) is 5.91 Å². The Morgan fingerprint density at radius 2 is 2.20 bits per heavy atom. The van der Waals surface area contributed by atoms with Crippen LogP contribution in [-0.4, -0.2) is 22.0 Å². The molecule has 0 aliphatic heterocycles. The molecule has 0 aromatic carbocycles. The minimum Gasteiger partial charge on any atom is -0.478 e. The third kappa shape index (κ3) is 3.52. The number of aryl methyl sites for hydroxylation is 1. The Bertz CT molecular complexity index is 677. The number of carbonyl (C=O) groups is 2. The van der Waals surface area contributed by atoms with E-state index in [9.17, 15) is 9.59 Å². The number of nitrogens with one attached hydrogen (secondary N) is 1. The summed E-state index contributed by atoms with van der Waals surface area (Å²) in [6, 6.07) is 5.17. The molecule has 5 nitrogen and oxygen atoms in total. The average Bonchev–Trinajstić information content (AvgIpc) is 2.84. The zero-order valence-corrected chi connectivity index (χ0v) is 11.5. The number of anilines is 1. The Balaban J connectivity index is 2.18. The summed E-state index contributed by atoms with van der Waals surface area (Å²) in [5, 5.41) is 13.1. The standard InChI is InChI=1S/C14H12N2O3S/c1-9-8-11(4-6-15-9)16-14(19)13-10(5-7-20-13)2-3-12(17)18/h2-8H,1H3,(H,17,18)(H,15,16,19). The molecule has 2 aromatic rings. The van der Waals surface area contributed by atoms with Gasteiger partial charge in [-0.3, -0.25) is 9.78 Å². The van der Waals surface area contributed by atoms with Crippen molar-refractivity contribution < 1.29 is 14.7 Å². The zero-order chi connectivity index (χ0) is 14.5. The summed E-state index contributed by atoms with van der Waals surface area (Å²) in [7, 11) is 0. The highest BCUT2D eigenvalue weighted by atomic mass is 32.1. The normalized spacial score (nSPS) is 10.7. The van der Waals surface area contributed by atoms with E-state index in [1.54, 1.807) is 29.8 Å². The summed E-state index contributed by atoms with van der Waals surface area (Å²) < 4.78 is 0. The fraction of sp³-hybridized carbons (Fsp3) is 0.0714. The van der Waals surface area contributed by atoms with Crippen LogP contribution in [0, 0.1) is 6.92 Å². The van der Waals surface area contributed by atoms with Crippen molar-refractivity contribution in [3.63, 3.8) is 0 Å². The van der Waals surface area contributed by atoms with Gasteiger partial charge in [-0.25, -0.2) is 4.79 Å². The van der Waals surface area contributed by atoms with Gasteiger partial charge in [-0.05, 0) is 42.1 Å². The van der Waals surface area contributed by atoms with Crippen LogP contribution in [0.1, 0.15) is 20.9 Å². The highest BCUT2D eigenvalue weighted by Crippen LogP contribution is 2.20. The van der Waals surface area contributed by atoms with E-state index in [1.807, 2.05) is 6.92 Å². The van der Waals surface area contributed by atoms with Gasteiger partial charge in [-0.2, -0.15) is 0 Å². The third-order valence-electron chi connectivity index (χ3n) is 2.46. The van der Waals surface area contributed by atoms with Crippen molar-refractivity contribution in [3.8, 4) is 0 Å². The maximum atomic E-state index is 12.1. The van der Waals surface area contributed by atoms with Gasteiger partial charge in [-0.1, -0.05) is 0 Å². The SMILES string of the molecule is Cc1cc(NC(=O)c2sccc2C=CC(=O)O)ccn1. The summed E-state index contributed by atoms with van der Waals surface area (Å²) in [4.78, 5) is 27.2. The Kier molecular flexibility index (Phi) is 4.27. The Labute approximate surface area is 119 Å². The molecular formula is C14H12N2O3S. The van der Waals surface area contributed by atoms with Gasteiger partial charge in [0.2, 0.25) is 0 Å². The van der Waals surface area contributed by atoms with Crippen LogP contribution < -0.4 is 5.32 Å². The first-order valence-corrected chi connectivity index (χ1v) is 6.67. The van der Waals surface area contributed by atoms with Crippen LogP contribution in [0.3, 0.4) is 0 Å². The first-order chi connectivity index (χ1) is 9.56. The summed E-state index contributed by atoms with van der Waals surface area (Å²) >= 11 is 1.26. The molecule has 0 bridgehead atoms. The minimum absolute atomic E-state index is 0.268. The molecule has 2 aromatic heterocycles. The van der Waals surface area contributed by atoms with Crippen molar-refractivity contribution in [1.82, 2.24) is 4.98 Å². The molecule has 0 saturated carbocycles. The van der Waals surface area contributed by atoms with Crippen LogP contribution in [0.5, 0.6) is 0 Å². The summed E-state index contributed by atoms with van der Waals surface area (Å²) in [5.74, 6) is -1.32. The number of carboxylic acids is 1. The van der Waals surface area contributed by atoms with Gasteiger partial charge < -0.3 is 10.4 Å². The lowest BCUT2D eigenvalue weighted by atomic mass is 10.2. The van der Waals surface area contributed by atoms with Gasteiger partial charge in [0.05, 0.1) is 4.88 Å². The van der Waals surface area contributed by atoms with Crippen molar-refractivity contribution >= 4 is 35.0 Å². The molecule has 0 atom stereocenters. The quantitative estimate of drug-likeness (QED) is 0.848. The van der Waals surface area contributed by atoms with Crippen molar-refractivity contribution in [3.05, 3.63) is 52.0 Å². The van der Waals surface area contributed by atoms with E-state index in [4.69, 9.17) is 5.11 Å². The first-order valence-electron chi connectivity index (χ1n) is 5.79. The molecule has 0 radical (unpaired) electrons. The van der Waals surface area contributed by atoms with E-state index >= 15 is 0 Å². The van der Waals surface area contributed by atoms with E-state index in [1.165, 1.54) is 17.4 Å². The Morgan fingerprint density at radius 3 is 2.90 bits per heavy atom. The van der Waals surface area contributed by atoms with Crippen LogP contribution in [0.4, 0.5) is 5.69 Å². The largest absolute Gasteiger partial charge is 0.478 e. The molecule has 102 valence electrons. The first kappa shape index (κ1) is 14.0. The lowest BCUT2D eigenvalue weighted by Gasteiger charge is -2.05. The number of hydrogen-bond donors (Lipinski definition) is 2. The van der Waals surface area contributed by atoms with Crippen molar-refractivity contribution in [2.75, 3.05) is 5.32 Å². The minimum atomic E-state index is -1.05. The monoisotopic (exact) mass is 288 g/mol. The number of carbonyl (C=O) groups excluding carboxylic acids is 1. The molecule has 0 spiro atoms. The summed E-state index contributed by atoms with van der Waals surface area (Å²) in [5.41, 5.74) is 2.05. The van der Waals surface area contributed by atoms with Crippen LogP contribution in [-0.2, 0) is 4.79 Å². The highest BCUT2D eigenvalue weighted by Gasteiger charge is 2.12. The molecule has 20 heavy (non-hydrogen) atoms. The summed E-state index contributed by atoms with van der Waals surface area (Å²) in [6.07, 6.45) is 4.03. The van der Waals surface area contributed by atoms with Crippen LogP contribution >= 0.6 is 11.3 Å². The van der Waals surface area contributed by atoms with Crippen LogP contribution in [0.2, 0.25) is 0 Å². The van der Waals surface area contributed by atoms with Crippen LogP contribution in [0.15, 0.2) is 35.9 Å². The predicted molar refractivity (Wildman–Crippen MR) is 77.9 cm³/mol. The van der Waals surface area contributed by atoms with Crippen molar-refractivity contribution in [2.45, 2.75) is 6.92 Å². The highest BCUT2D eigenvalue weighted by molar-refractivity contribution is 7.12. The van der Waals surface area contributed by atoms with Gasteiger partial charge in [0, 0.05) is 23.7 Å². The maximum absolute atomic E-state index is 12.1. The van der Waals surface area contributed by atoms with Crippen LogP contribution in [0.25, 0.3) is 6.08 Å². The molecular weight excluding hydrogens is 276 g/mol. The zero-order valence-electron chi connectivity index (χ0n) is 10.7. The second-order valence-corrected chi connectivity index (χ2v) is 4.93. The lowest BCUT2D eigenvalue weighted by Crippen LogP contribution is -2.11. The predicted octanol–water partition coefficient (Wildman–Crippen LogP) is 2.80. The topological polar surface area (TPSA) is 79.3 Å². The second-order valence-electron chi connectivity index (χ2n) is 4.02. The number of aromatic nitrogens is 1. The van der Waals surface area contributed by atoms with Gasteiger partial charge in [0.1, 0.15) is 0 Å². The summed E-state index contributed by atoms with van der Waals surface area (Å²) in [6.45, 7) is 1.84. The molecule has 0 aliphatic rings. The van der Waals surface area contributed by atoms with Crippen molar-refractivity contribution in [2.24, 2.45) is 0 Å².